The molecule has 3 N–H and O–H groups in total. The molecular formula is C18H21FN6O3S. The van der Waals surface area contributed by atoms with Gasteiger partial charge in [0.05, 0.1) is 17.0 Å². The first-order valence-electron chi connectivity index (χ1n) is 8.90. The van der Waals surface area contributed by atoms with Gasteiger partial charge < -0.3 is 10.6 Å². The standard InChI is InChI=1S/C18H21FN6O3S/c1-12(2)23-29(27,28)15-6-7-17-16(11-15)22-24-25(17)9-8-20-18(26)21-14-5-3-4-13(19)10-14/h3-7,10-12,23H,8-9H2,1-2H3,(H2,20,21,26). The SMILES string of the molecule is CC(C)NS(=O)(=O)c1ccc2c(c1)nnn2CCNC(=O)Nc1cccc(F)c1. The third-order valence-corrected chi connectivity index (χ3v) is 5.53. The minimum atomic E-state index is -3.62. The third-order valence-electron chi connectivity index (χ3n) is 3.88. The minimum absolute atomic E-state index is 0.110. The Morgan fingerprint density at radius 1 is 1.21 bits per heavy atom. The summed E-state index contributed by atoms with van der Waals surface area (Å²) in [5, 5.41) is 13.2. The number of hydrogen-bond acceptors (Lipinski definition) is 5. The smallest absolute Gasteiger partial charge is 0.319 e. The van der Waals surface area contributed by atoms with Crippen LogP contribution in [0.2, 0.25) is 0 Å². The van der Waals surface area contributed by atoms with Crippen LogP contribution in [0, 0.1) is 5.82 Å². The van der Waals surface area contributed by atoms with Crippen LogP contribution in [0.1, 0.15) is 13.8 Å². The molecule has 1 heterocycles. The van der Waals surface area contributed by atoms with E-state index in [1.165, 1.54) is 30.3 Å². The van der Waals surface area contributed by atoms with E-state index in [1.54, 1.807) is 30.7 Å². The Hall–Kier alpha value is -3.05. The molecule has 0 saturated heterocycles. The Kier molecular flexibility index (Phi) is 6.09. The second-order valence-corrected chi connectivity index (χ2v) is 8.34. The van der Waals surface area contributed by atoms with Gasteiger partial charge in [-0.3, -0.25) is 0 Å². The van der Waals surface area contributed by atoms with E-state index in [1.807, 2.05) is 0 Å². The normalized spacial score (nSPS) is 11.7. The fourth-order valence-electron chi connectivity index (χ4n) is 2.68. The number of nitrogens with zero attached hydrogens (tertiary/aromatic N) is 3. The number of urea groups is 1. The fourth-order valence-corrected chi connectivity index (χ4v) is 3.95. The lowest BCUT2D eigenvalue weighted by molar-refractivity contribution is 0.251. The minimum Gasteiger partial charge on any atom is -0.336 e. The Balaban J connectivity index is 1.62. The van der Waals surface area contributed by atoms with E-state index >= 15 is 0 Å². The van der Waals surface area contributed by atoms with Crippen LogP contribution in [-0.4, -0.2) is 42.0 Å². The summed E-state index contributed by atoms with van der Waals surface area (Å²) in [4.78, 5) is 12.0. The molecule has 0 aliphatic heterocycles. The van der Waals surface area contributed by atoms with E-state index in [9.17, 15) is 17.6 Å². The summed E-state index contributed by atoms with van der Waals surface area (Å²) in [5.74, 6) is -0.443. The van der Waals surface area contributed by atoms with Crippen molar-refractivity contribution in [2.24, 2.45) is 0 Å². The van der Waals surface area contributed by atoms with Gasteiger partial charge in [0, 0.05) is 18.3 Å². The van der Waals surface area contributed by atoms with Crippen molar-refractivity contribution in [3.63, 3.8) is 0 Å². The predicted molar refractivity (Wildman–Crippen MR) is 106 cm³/mol. The van der Waals surface area contributed by atoms with Crippen LogP contribution in [-0.2, 0) is 16.6 Å². The maximum atomic E-state index is 13.1. The zero-order valence-corrected chi connectivity index (χ0v) is 16.7. The summed E-state index contributed by atoms with van der Waals surface area (Å²) in [7, 11) is -3.62. The van der Waals surface area contributed by atoms with Crippen molar-refractivity contribution >= 4 is 32.8 Å². The van der Waals surface area contributed by atoms with E-state index in [-0.39, 0.29) is 17.5 Å². The first-order chi connectivity index (χ1) is 13.7. The molecule has 0 radical (unpaired) electrons. The Morgan fingerprint density at radius 2 is 2.00 bits per heavy atom. The van der Waals surface area contributed by atoms with Crippen molar-refractivity contribution in [1.82, 2.24) is 25.0 Å². The van der Waals surface area contributed by atoms with Gasteiger partial charge in [0.25, 0.3) is 0 Å². The van der Waals surface area contributed by atoms with Gasteiger partial charge >= 0.3 is 6.03 Å². The maximum absolute atomic E-state index is 13.1. The topological polar surface area (TPSA) is 118 Å². The Morgan fingerprint density at radius 3 is 2.72 bits per heavy atom. The van der Waals surface area contributed by atoms with E-state index in [0.717, 1.165) is 0 Å². The Bertz CT molecular complexity index is 1130. The lowest BCUT2D eigenvalue weighted by atomic mass is 10.3. The molecule has 29 heavy (non-hydrogen) atoms. The van der Waals surface area contributed by atoms with Gasteiger partial charge in [-0.2, -0.15) is 0 Å². The van der Waals surface area contributed by atoms with Gasteiger partial charge in [0.1, 0.15) is 11.3 Å². The van der Waals surface area contributed by atoms with E-state index in [4.69, 9.17) is 0 Å². The number of carbonyl (C=O) groups is 1. The summed E-state index contributed by atoms with van der Waals surface area (Å²) in [6, 6.07) is 9.43. The number of anilines is 1. The molecule has 2 aromatic carbocycles. The largest absolute Gasteiger partial charge is 0.336 e. The van der Waals surface area contributed by atoms with E-state index < -0.39 is 21.9 Å². The second-order valence-electron chi connectivity index (χ2n) is 6.63. The van der Waals surface area contributed by atoms with Crippen LogP contribution in [0.25, 0.3) is 11.0 Å². The number of aromatic nitrogens is 3. The van der Waals surface area contributed by atoms with Crippen molar-refractivity contribution in [1.29, 1.82) is 0 Å². The highest BCUT2D eigenvalue weighted by atomic mass is 32.2. The molecule has 0 bridgehead atoms. The number of hydrogen-bond donors (Lipinski definition) is 3. The summed E-state index contributed by atoms with van der Waals surface area (Å²) in [6.45, 7) is 4.05. The zero-order valence-electron chi connectivity index (χ0n) is 15.9. The lowest BCUT2D eigenvalue weighted by Gasteiger charge is -2.10. The molecule has 3 aromatic rings. The van der Waals surface area contributed by atoms with Crippen molar-refractivity contribution in [3.05, 3.63) is 48.3 Å². The number of fused-ring (bicyclic) bond motifs is 1. The summed E-state index contributed by atoms with van der Waals surface area (Å²) in [6.07, 6.45) is 0. The maximum Gasteiger partial charge on any atom is 0.319 e. The number of nitrogens with one attached hydrogen (secondary N) is 3. The third kappa shape index (κ3) is 5.27. The van der Waals surface area contributed by atoms with Gasteiger partial charge in [-0.15, -0.1) is 5.10 Å². The van der Waals surface area contributed by atoms with Crippen molar-refractivity contribution in [3.8, 4) is 0 Å². The second kappa shape index (κ2) is 8.53. The molecule has 0 aliphatic carbocycles. The molecule has 2 amide bonds. The Labute approximate surface area is 167 Å². The van der Waals surface area contributed by atoms with Crippen molar-refractivity contribution < 1.29 is 17.6 Å². The molecule has 1 aromatic heterocycles. The molecule has 9 nitrogen and oxygen atoms in total. The van der Waals surface area contributed by atoms with Crippen molar-refractivity contribution in [2.45, 2.75) is 31.3 Å². The predicted octanol–water partition coefficient (Wildman–Crippen LogP) is 2.08. The summed E-state index contributed by atoms with van der Waals surface area (Å²) >= 11 is 0. The van der Waals surface area contributed by atoms with Crippen LogP contribution in [0.15, 0.2) is 47.4 Å². The average Bonchev–Trinajstić information content (AvgIpc) is 3.03. The van der Waals surface area contributed by atoms with E-state index in [2.05, 4.69) is 25.7 Å². The highest BCUT2D eigenvalue weighted by Gasteiger charge is 2.17. The summed E-state index contributed by atoms with van der Waals surface area (Å²) in [5.41, 5.74) is 1.42. The van der Waals surface area contributed by atoms with Crippen molar-refractivity contribution in [2.75, 3.05) is 11.9 Å². The molecule has 0 saturated carbocycles. The summed E-state index contributed by atoms with van der Waals surface area (Å²) < 4.78 is 41.7. The van der Waals surface area contributed by atoms with Gasteiger partial charge in [-0.05, 0) is 50.2 Å². The fraction of sp³-hybridized carbons (Fsp3) is 0.278. The number of rotatable bonds is 7. The van der Waals surface area contributed by atoms with Crippen LogP contribution in [0.5, 0.6) is 0 Å². The highest BCUT2D eigenvalue weighted by Crippen LogP contribution is 2.17. The van der Waals surface area contributed by atoms with Gasteiger partial charge in [0.15, 0.2) is 0 Å². The number of halogens is 1. The average molecular weight is 420 g/mol. The molecule has 0 atom stereocenters. The van der Waals surface area contributed by atoms with Gasteiger partial charge in [-0.25, -0.2) is 27.0 Å². The van der Waals surface area contributed by atoms with Crippen LogP contribution in [0.4, 0.5) is 14.9 Å². The number of sulfonamides is 1. The molecule has 3 rings (SSSR count). The molecule has 0 fully saturated rings. The molecular weight excluding hydrogens is 399 g/mol. The zero-order chi connectivity index (χ0) is 21.0. The van der Waals surface area contributed by atoms with E-state index in [0.29, 0.717) is 23.3 Å². The van der Waals surface area contributed by atoms with Gasteiger partial charge in [0.2, 0.25) is 10.0 Å². The van der Waals surface area contributed by atoms with Crippen LogP contribution >= 0.6 is 0 Å². The first-order valence-corrected chi connectivity index (χ1v) is 10.4. The number of benzene rings is 2. The monoisotopic (exact) mass is 420 g/mol. The van der Waals surface area contributed by atoms with Crippen LogP contribution < -0.4 is 15.4 Å². The molecule has 11 heteroatoms. The quantitative estimate of drug-likeness (QED) is 0.541. The van der Waals surface area contributed by atoms with Gasteiger partial charge in [-0.1, -0.05) is 11.3 Å². The molecule has 0 unspecified atom stereocenters. The first kappa shape index (κ1) is 20.7. The highest BCUT2D eigenvalue weighted by molar-refractivity contribution is 7.89. The van der Waals surface area contributed by atoms with Crippen LogP contribution in [0.3, 0.4) is 0 Å². The molecule has 154 valence electrons. The molecule has 0 aliphatic rings. The lowest BCUT2D eigenvalue weighted by Crippen LogP contribution is -2.31. The number of amides is 2. The molecule has 0 spiro atoms. The number of carbonyl (C=O) groups excluding carboxylic acids is 1.